The van der Waals surface area contributed by atoms with Crippen LogP contribution in [0.25, 0.3) is 0 Å². The van der Waals surface area contributed by atoms with E-state index in [0.29, 0.717) is 10.7 Å². The van der Waals surface area contributed by atoms with Crippen LogP contribution in [0, 0.1) is 0 Å². The monoisotopic (exact) mass is 172 g/mol. The Morgan fingerprint density at radius 1 is 1.73 bits per heavy atom. The molecule has 60 valence electrons. The van der Waals surface area contributed by atoms with Gasteiger partial charge >= 0.3 is 0 Å². The molecule has 1 aromatic heterocycles. The molecule has 0 amide bonds. The third kappa shape index (κ3) is 1.28. The summed E-state index contributed by atoms with van der Waals surface area (Å²) in [7, 11) is 1.78. The molecule has 1 heterocycles. The lowest BCUT2D eigenvalue weighted by atomic mass is 10.2. The van der Waals surface area contributed by atoms with Crippen molar-refractivity contribution in [3.05, 3.63) is 16.4 Å². The van der Waals surface area contributed by atoms with E-state index < -0.39 is 0 Å². The molecule has 0 bridgehead atoms. The average molecular weight is 173 g/mol. The number of halogens is 1. The molecule has 0 unspecified atom stereocenters. The van der Waals surface area contributed by atoms with E-state index in [0.717, 1.165) is 18.4 Å². The standard InChI is InChI=1S/C7H9ClN2O/c1-3-6-5(4-11)7(8)9-10(6)2/h4H,3H2,1-2H3. The lowest BCUT2D eigenvalue weighted by Gasteiger charge is -1.95. The number of hydrogen-bond acceptors (Lipinski definition) is 2. The van der Waals surface area contributed by atoms with Crippen molar-refractivity contribution in [1.82, 2.24) is 9.78 Å². The van der Waals surface area contributed by atoms with Crippen molar-refractivity contribution in [3.63, 3.8) is 0 Å². The number of aryl methyl sites for hydroxylation is 1. The molecular weight excluding hydrogens is 164 g/mol. The zero-order valence-electron chi connectivity index (χ0n) is 6.47. The zero-order valence-corrected chi connectivity index (χ0v) is 7.22. The van der Waals surface area contributed by atoms with Crippen LogP contribution < -0.4 is 0 Å². The Balaban J connectivity index is 3.28. The van der Waals surface area contributed by atoms with Gasteiger partial charge in [0, 0.05) is 12.7 Å². The van der Waals surface area contributed by atoms with Gasteiger partial charge in [-0.2, -0.15) is 5.10 Å². The lowest BCUT2D eigenvalue weighted by molar-refractivity contribution is 0.112. The molecule has 11 heavy (non-hydrogen) atoms. The second-order valence-electron chi connectivity index (χ2n) is 2.25. The Kier molecular flexibility index (Phi) is 2.29. The maximum atomic E-state index is 10.5. The van der Waals surface area contributed by atoms with Crippen LogP contribution in [0.2, 0.25) is 5.15 Å². The van der Waals surface area contributed by atoms with Crippen LogP contribution >= 0.6 is 11.6 Å². The number of rotatable bonds is 2. The number of aromatic nitrogens is 2. The minimum atomic E-state index is 0.291. The number of carbonyl (C=O) groups excluding carboxylic acids is 1. The first-order valence-electron chi connectivity index (χ1n) is 3.37. The molecule has 0 aliphatic heterocycles. The molecule has 0 aliphatic carbocycles. The predicted octanol–water partition coefficient (Wildman–Crippen LogP) is 1.45. The molecule has 4 heteroatoms. The highest BCUT2D eigenvalue weighted by atomic mass is 35.5. The van der Waals surface area contributed by atoms with Crippen LogP contribution in [0.1, 0.15) is 23.0 Å². The molecule has 0 spiro atoms. The first-order valence-corrected chi connectivity index (χ1v) is 3.75. The van der Waals surface area contributed by atoms with Crippen molar-refractivity contribution >= 4 is 17.9 Å². The number of hydrogen-bond donors (Lipinski definition) is 0. The van der Waals surface area contributed by atoms with Crippen molar-refractivity contribution in [2.24, 2.45) is 7.05 Å². The topological polar surface area (TPSA) is 34.9 Å². The van der Waals surface area contributed by atoms with E-state index in [1.165, 1.54) is 0 Å². The van der Waals surface area contributed by atoms with Crippen LogP contribution in [-0.2, 0) is 13.5 Å². The molecule has 0 aromatic carbocycles. The van der Waals surface area contributed by atoms with Gasteiger partial charge in [0.1, 0.15) is 0 Å². The van der Waals surface area contributed by atoms with E-state index in [1.807, 2.05) is 6.92 Å². The first kappa shape index (κ1) is 8.27. The largest absolute Gasteiger partial charge is 0.298 e. The van der Waals surface area contributed by atoms with Gasteiger partial charge in [-0.15, -0.1) is 0 Å². The van der Waals surface area contributed by atoms with Crippen molar-refractivity contribution in [1.29, 1.82) is 0 Å². The van der Waals surface area contributed by atoms with Gasteiger partial charge in [0.2, 0.25) is 0 Å². The summed E-state index contributed by atoms with van der Waals surface area (Å²) in [4.78, 5) is 10.5. The minimum absolute atomic E-state index is 0.291. The summed E-state index contributed by atoms with van der Waals surface area (Å²) < 4.78 is 1.63. The smallest absolute Gasteiger partial charge is 0.161 e. The van der Waals surface area contributed by atoms with E-state index in [1.54, 1.807) is 11.7 Å². The Hall–Kier alpha value is -0.830. The first-order chi connectivity index (χ1) is 5.20. The molecule has 0 radical (unpaired) electrons. The maximum Gasteiger partial charge on any atom is 0.161 e. The van der Waals surface area contributed by atoms with E-state index in [-0.39, 0.29) is 0 Å². The quantitative estimate of drug-likeness (QED) is 0.633. The summed E-state index contributed by atoms with van der Waals surface area (Å²) >= 11 is 5.67. The van der Waals surface area contributed by atoms with Crippen LogP contribution in [0.4, 0.5) is 0 Å². The second kappa shape index (κ2) is 3.05. The van der Waals surface area contributed by atoms with Gasteiger partial charge in [-0.3, -0.25) is 9.48 Å². The summed E-state index contributed by atoms with van der Waals surface area (Å²) in [5, 5.41) is 4.19. The Morgan fingerprint density at radius 2 is 2.36 bits per heavy atom. The van der Waals surface area contributed by atoms with Crippen molar-refractivity contribution < 1.29 is 4.79 Å². The molecule has 3 nitrogen and oxygen atoms in total. The van der Waals surface area contributed by atoms with Gasteiger partial charge in [-0.25, -0.2) is 0 Å². The Morgan fingerprint density at radius 3 is 2.73 bits per heavy atom. The Bertz CT molecular complexity index is 280. The van der Waals surface area contributed by atoms with E-state index in [9.17, 15) is 4.79 Å². The van der Waals surface area contributed by atoms with Crippen LogP contribution in [0.15, 0.2) is 0 Å². The van der Waals surface area contributed by atoms with Crippen LogP contribution in [0.3, 0.4) is 0 Å². The maximum absolute atomic E-state index is 10.5. The van der Waals surface area contributed by atoms with Crippen molar-refractivity contribution in [2.45, 2.75) is 13.3 Å². The summed E-state index contributed by atoms with van der Waals surface area (Å²) in [5.41, 5.74) is 1.39. The van der Waals surface area contributed by atoms with E-state index >= 15 is 0 Å². The number of aldehydes is 1. The fraction of sp³-hybridized carbons (Fsp3) is 0.429. The molecule has 0 N–H and O–H groups in total. The molecule has 0 aliphatic rings. The molecular formula is C7H9ClN2O. The van der Waals surface area contributed by atoms with Gasteiger partial charge in [0.25, 0.3) is 0 Å². The lowest BCUT2D eigenvalue weighted by Crippen LogP contribution is -1.97. The van der Waals surface area contributed by atoms with Gasteiger partial charge < -0.3 is 0 Å². The van der Waals surface area contributed by atoms with Crippen molar-refractivity contribution in [3.8, 4) is 0 Å². The average Bonchev–Trinajstić information content (AvgIpc) is 2.24. The van der Waals surface area contributed by atoms with Crippen LogP contribution in [-0.4, -0.2) is 16.1 Å². The molecule has 0 atom stereocenters. The minimum Gasteiger partial charge on any atom is -0.298 e. The number of nitrogens with zero attached hydrogens (tertiary/aromatic N) is 2. The van der Waals surface area contributed by atoms with Gasteiger partial charge in [-0.05, 0) is 6.42 Å². The highest BCUT2D eigenvalue weighted by molar-refractivity contribution is 6.31. The molecule has 0 saturated carbocycles. The fourth-order valence-corrected chi connectivity index (χ4v) is 1.34. The third-order valence-electron chi connectivity index (χ3n) is 1.61. The molecule has 1 aromatic rings. The fourth-order valence-electron chi connectivity index (χ4n) is 1.08. The normalized spacial score (nSPS) is 10.1. The molecule has 0 saturated heterocycles. The summed E-state index contributed by atoms with van der Waals surface area (Å²) in [6.07, 6.45) is 1.51. The van der Waals surface area contributed by atoms with Crippen LogP contribution in [0.5, 0.6) is 0 Å². The summed E-state index contributed by atoms with van der Waals surface area (Å²) in [5.74, 6) is 0. The predicted molar refractivity (Wildman–Crippen MR) is 43.0 cm³/mol. The van der Waals surface area contributed by atoms with E-state index in [2.05, 4.69) is 5.10 Å². The molecule has 1 rings (SSSR count). The Labute approximate surface area is 70.0 Å². The molecule has 0 fully saturated rings. The second-order valence-corrected chi connectivity index (χ2v) is 2.60. The summed E-state index contributed by atoms with van der Waals surface area (Å²) in [6.45, 7) is 1.96. The number of carbonyl (C=O) groups is 1. The van der Waals surface area contributed by atoms with Gasteiger partial charge in [0.15, 0.2) is 11.4 Å². The highest BCUT2D eigenvalue weighted by Crippen LogP contribution is 2.16. The zero-order chi connectivity index (χ0) is 8.43. The highest BCUT2D eigenvalue weighted by Gasteiger charge is 2.10. The van der Waals surface area contributed by atoms with E-state index in [4.69, 9.17) is 11.6 Å². The van der Waals surface area contributed by atoms with Crippen molar-refractivity contribution in [2.75, 3.05) is 0 Å². The van der Waals surface area contributed by atoms with Gasteiger partial charge in [0.05, 0.1) is 5.56 Å². The SMILES string of the molecule is CCc1c(C=O)c(Cl)nn1C. The third-order valence-corrected chi connectivity index (χ3v) is 1.89. The summed E-state index contributed by atoms with van der Waals surface area (Å²) in [6, 6.07) is 0. The van der Waals surface area contributed by atoms with Gasteiger partial charge in [-0.1, -0.05) is 18.5 Å².